The van der Waals surface area contributed by atoms with Gasteiger partial charge in [0.2, 0.25) is 0 Å². The van der Waals surface area contributed by atoms with Gasteiger partial charge in [-0.05, 0) is 12.0 Å². The summed E-state index contributed by atoms with van der Waals surface area (Å²) in [6.07, 6.45) is 1.39. The van der Waals surface area contributed by atoms with E-state index in [1.54, 1.807) is 11.8 Å². The third-order valence-electron chi connectivity index (χ3n) is 2.88. The zero-order valence-electron chi connectivity index (χ0n) is 9.13. The number of Topliss-reactive ketones (excluding diaryl/α,β-unsaturated/α-hetero) is 1. The lowest BCUT2D eigenvalue weighted by Gasteiger charge is -2.26. The van der Waals surface area contributed by atoms with Crippen LogP contribution in [0.2, 0.25) is 0 Å². The van der Waals surface area contributed by atoms with Crippen molar-refractivity contribution in [1.82, 2.24) is 0 Å². The van der Waals surface area contributed by atoms with E-state index in [1.165, 1.54) is 5.56 Å². The molecule has 1 N–H and O–H groups in total. The van der Waals surface area contributed by atoms with E-state index in [9.17, 15) is 9.90 Å². The van der Waals surface area contributed by atoms with Gasteiger partial charge in [-0.3, -0.25) is 4.79 Å². The van der Waals surface area contributed by atoms with Crippen LogP contribution in [-0.4, -0.2) is 22.2 Å². The lowest BCUT2D eigenvalue weighted by atomic mass is 9.96. The maximum Gasteiger partial charge on any atom is 0.134 e. The van der Waals surface area contributed by atoms with Crippen molar-refractivity contribution in [2.45, 2.75) is 36.4 Å². The van der Waals surface area contributed by atoms with E-state index < -0.39 is 0 Å². The summed E-state index contributed by atoms with van der Waals surface area (Å²) in [7, 11) is 0. The molecule has 1 saturated carbocycles. The first-order chi connectivity index (χ1) is 7.75. The van der Waals surface area contributed by atoms with Gasteiger partial charge in [0.05, 0.1) is 6.10 Å². The molecule has 0 bridgehead atoms. The molecule has 1 aromatic carbocycles. The highest BCUT2D eigenvalue weighted by molar-refractivity contribution is 7.99. The third-order valence-corrected chi connectivity index (χ3v) is 4.29. The van der Waals surface area contributed by atoms with Crippen molar-refractivity contribution in [3.63, 3.8) is 0 Å². The fraction of sp³-hybridized carbons (Fsp3) is 0.462. The van der Waals surface area contributed by atoms with Crippen LogP contribution >= 0.6 is 11.8 Å². The van der Waals surface area contributed by atoms with Crippen LogP contribution in [0.15, 0.2) is 30.3 Å². The molecular weight excluding hydrogens is 220 g/mol. The topological polar surface area (TPSA) is 37.3 Å². The van der Waals surface area contributed by atoms with Crippen molar-refractivity contribution in [1.29, 1.82) is 0 Å². The highest BCUT2D eigenvalue weighted by atomic mass is 32.2. The molecular formula is C13H16O2S. The second-order valence-corrected chi connectivity index (χ2v) is 5.41. The molecule has 16 heavy (non-hydrogen) atoms. The van der Waals surface area contributed by atoms with Crippen LogP contribution in [0.3, 0.4) is 0 Å². The van der Waals surface area contributed by atoms with Crippen molar-refractivity contribution in [2.75, 3.05) is 0 Å². The Bertz CT molecular complexity index is 350. The van der Waals surface area contributed by atoms with Crippen LogP contribution in [-0.2, 0) is 10.5 Å². The molecule has 86 valence electrons. The quantitative estimate of drug-likeness (QED) is 0.875. The predicted octanol–water partition coefficient (Wildman–Crippen LogP) is 2.40. The van der Waals surface area contributed by atoms with Crippen LogP contribution in [0.5, 0.6) is 0 Å². The van der Waals surface area contributed by atoms with Gasteiger partial charge in [-0.1, -0.05) is 30.3 Å². The van der Waals surface area contributed by atoms with Gasteiger partial charge in [-0.25, -0.2) is 0 Å². The fourth-order valence-corrected chi connectivity index (χ4v) is 3.17. The van der Waals surface area contributed by atoms with E-state index in [0.29, 0.717) is 19.3 Å². The number of hydrogen-bond acceptors (Lipinski definition) is 3. The normalized spacial score (nSPS) is 25.7. The van der Waals surface area contributed by atoms with Gasteiger partial charge in [0.25, 0.3) is 0 Å². The Labute approximate surface area is 100 Å². The number of aliphatic hydroxyl groups is 1. The second kappa shape index (κ2) is 5.51. The van der Waals surface area contributed by atoms with Crippen molar-refractivity contribution in [2.24, 2.45) is 0 Å². The molecule has 1 fully saturated rings. The molecule has 0 aromatic heterocycles. The predicted molar refractivity (Wildman–Crippen MR) is 66.4 cm³/mol. The number of rotatable bonds is 3. The number of carbonyl (C=O) groups excluding carboxylic acids is 1. The summed E-state index contributed by atoms with van der Waals surface area (Å²) < 4.78 is 0. The summed E-state index contributed by atoms with van der Waals surface area (Å²) in [5.41, 5.74) is 1.25. The van der Waals surface area contributed by atoms with Gasteiger partial charge in [-0.15, -0.1) is 0 Å². The monoisotopic (exact) mass is 236 g/mol. The minimum Gasteiger partial charge on any atom is -0.392 e. The Hall–Kier alpha value is -0.800. The molecule has 2 rings (SSSR count). The summed E-state index contributed by atoms with van der Waals surface area (Å²) in [5.74, 6) is 1.16. The standard InChI is InChI=1S/C13H16O2S/c14-11-6-7-12(15)13(8-11)16-9-10-4-2-1-3-5-10/h1-5,12-13,15H,6-9H2/t12-,13+/m0/s1. The largest absolute Gasteiger partial charge is 0.392 e. The molecule has 0 saturated heterocycles. The summed E-state index contributed by atoms with van der Waals surface area (Å²) >= 11 is 1.69. The van der Waals surface area contributed by atoms with E-state index in [-0.39, 0.29) is 17.1 Å². The SMILES string of the molecule is O=C1CC[C@H](O)[C@H](SCc2ccccc2)C1. The fourth-order valence-electron chi connectivity index (χ4n) is 1.90. The van der Waals surface area contributed by atoms with E-state index in [0.717, 1.165) is 5.75 Å². The molecule has 0 amide bonds. The molecule has 1 aliphatic rings. The Morgan fingerprint density at radius 2 is 2.06 bits per heavy atom. The highest BCUT2D eigenvalue weighted by Gasteiger charge is 2.27. The zero-order valence-corrected chi connectivity index (χ0v) is 9.95. The van der Waals surface area contributed by atoms with Gasteiger partial charge >= 0.3 is 0 Å². The van der Waals surface area contributed by atoms with Crippen molar-refractivity contribution in [3.05, 3.63) is 35.9 Å². The summed E-state index contributed by atoms with van der Waals surface area (Å²) in [6, 6.07) is 10.2. The van der Waals surface area contributed by atoms with Crippen molar-refractivity contribution >= 4 is 17.5 Å². The first-order valence-corrected chi connectivity index (χ1v) is 6.66. The minimum atomic E-state index is -0.314. The van der Waals surface area contributed by atoms with E-state index >= 15 is 0 Å². The van der Waals surface area contributed by atoms with Crippen LogP contribution in [0.4, 0.5) is 0 Å². The number of benzene rings is 1. The molecule has 0 spiro atoms. The van der Waals surface area contributed by atoms with Crippen LogP contribution in [0, 0.1) is 0 Å². The second-order valence-electron chi connectivity index (χ2n) is 4.18. The maximum atomic E-state index is 11.3. The van der Waals surface area contributed by atoms with Gasteiger partial charge in [0, 0.05) is 23.8 Å². The Morgan fingerprint density at radius 3 is 2.81 bits per heavy atom. The molecule has 2 atom stereocenters. The molecule has 2 nitrogen and oxygen atoms in total. The van der Waals surface area contributed by atoms with Crippen LogP contribution in [0.1, 0.15) is 24.8 Å². The average molecular weight is 236 g/mol. The Balaban J connectivity index is 1.87. The van der Waals surface area contributed by atoms with Gasteiger partial charge in [0.1, 0.15) is 5.78 Å². The highest BCUT2D eigenvalue weighted by Crippen LogP contribution is 2.29. The lowest BCUT2D eigenvalue weighted by molar-refractivity contribution is -0.121. The number of ketones is 1. The van der Waals surface area contributed by atoms with Gasteiger partial charge < -0.3 is 5.11 Å². The molecule has 3 heteroatoms. The number of thioether (sulfide) groups is 1. The molecule has 0 heterocycles. The van der Waals surface area contributed by atoms with E-state index in [4.69, 9.17) is 0 Å². The van der Waals surface area contributed by atoms with Crippen LogP contribution < -0.4 is 0 Å². The van der Waals surface area contributed by atoms with Gasteiger partial charge in [-0.2, -0.15) is 11.8 Å². The molecule has 0 unspecified atom stereocenters. The summed E-state index contributed by atoms with van der Waals surface area (Å²) in [5, 5.41) is 9.88. The summed E-state index contributed by atoms with van der Waals surface area (Å²) in [4.78, 5) is 11.3. The zero-order chi connectivity index (χ0) is 11.4. The third kappa shape index (κ3) is 3.09. The molecule has 0 radical (unpaired) electrons. The number of carbonyl (C=O) groups is 1. The van der Waals surface area contributed by atoms with Crippen molar-refractivity contribution < 1.29 is 9.90 Å². The Morgan fingerprint density at radius 1 is 1.31 bits per heavy atom. The average Bonchev–Trinajstić information content (AvgIpc) is 2.32. The number of hydrogen-bond donors (Lipinski definition) is 1. The van der Waals surface area contributed by atoms with Crippen molar-refractivity contribution in [3.8, 4) is 0 Å². The van der Waals surface area contributed by atoms with E-state index in [2.05, 4.69) is 12.1 Å². The maximum absolute atomic E-state index is 11.3. The van der Waals surface area contributed by atoms with Gasteiger partial charge in [0.15, 0.2) is 0 Å². The smallest absolute Gasteiger partial charge is 0.134 e. The molecule has 1 aliphatic carbocycles. The van der Waals surface area contributed by atoms with Crippen LogP contribution in [0.25, 0.3) is 0 Å². The number of aliphatic hydroxyl groups excluding tert-OH is 1. The molecule has 0 aliphatic heterocycles. The first-order valence-electron chi connectivity index (χ1n) is 5.61. The minimum absolute atomic E-state index is 0.0847. The molecule has 1 aromatic rings. The first kappa shape index (κ1) is 11.7. The lowest BCUT2D eigenvalue weighted by Crippen LogP contribution is -2.31. The summed E-state index contributed by atoms with van der Waals surface area (Å²) in [6.45, 7) is 0. The Kier molecular flexibility index (Phi) is 4.02. The van der Waals surface area contributed by atoms with E-state index in [1.807, 2.05) is 18.2 Å².